The lowest BCUT2D eigenvalue weighted by Gasteiger charge is -2.12. The quantitative estimate of drug-likeness (QED) is 0.532. The Morgan fingerprint density at radius 1 is 0.710 bits per heavy atom. The van der Waals surface area contributed by atoms with Crippen molar-refractivity contribution in [3.63, 3.8) is 0 Å². The molecule has 0 aliphatic heterocycles. The molecule has 2 N–H and O–H groups in total. The number of hydrogen-bond donors (Lipinski definition) is 2. The lowest BCUT2D eigenvalue weighted by molar-refractivity contribution is -0.118. The minimum atomic E-state index is -0.367. The average molecular weight is 415 g/mol. The van der Waals surface area contributed by atoms with Crippen LogP contribution in [0.2, 0.25) is 0 Å². The number of benzene rings is 3. The second-order valence-corrected chi connectivity index (χ2v) is 7.87. The molecular weight excluding hydrogens is 388 g/mol. The number of amides is 2. The zero-order valence-corrected chi connectivity index (χ0v) is 18.2. The topological polar surface area (TPSA) is 75.3 Å². The molecule has 0 bridgehead atoms. The van der Waals surface area contributed by atoms with Gasteiger partial charge in [0.25, 0.3) is 5.91 Å². The summed E-state index contributed by atoms with van der Waals surface area (Å²) in [5, 5.41) is 5.64. The summed E-state index contributed by atoms with van der Waals surface area (Å²) in [6.45, 7) is 7.46. The molecule has 0 aliphatic carbocycles. The highest BCUT2D eigenvalue weighted by atomic mass is 16.2. The molecule has 0 spiro atoms. The van der Waals surface area contributed by atoms with Gasteiger partial charge in [-0.1, -0.05) is 49.7 Å². The molecule has 0 fully saturated rings. The molecule has 0 heterocycles. The summed E-state index contributed by atoms with van der Waals surface area (Å²) >= 11 is 0. The van der Waals surface area contributed by atoms with Gasteiger partial charge in [0.2, 0.25) is 5.91 Å². The van der Waals surface area contributed by atoms with E-state index in [1.54, 1.807) is 48.5 Å². The van der Waals surface area contributed by atoms with Crippen LogP contribution in [0.1, 0.15) is 51.3 Å². The first-order valence-electron chi connectivity index (χ1n) is 10.2. The third kappa shape index (κ3) is 5.25. The van der Waals surface area contributed by atoms with Gasteiger partial charge in [0.15, 0.2) is 5.78 Å². The van der Waals surface area contributed by atoms with E-state index in [-0.39, 0.29) is 23.5 Å². The summed E-state index contributed by atoms with van der Waals surface area (Å²) in [5.41, 5.74) is 4.33. The average Bonchev–Trinajstić information content (AvgIpc) is 2.76. The van der Waals surface area contributed by atoms with E-state index in [0.717, 1.165) is 11.1 Å². The summed E-state index contributed by atoms with van der Waals surface area (Å²) in [5.74, 6) is -0.743. The fraction of sp³-hybridized carbons (Fsp3) is 0.192. The molecule has 5 nitrogen and oxygen atoms in total. The first-order valence-corrected chi connectivity index (χ1v) is 10.2. The SMILES string of the molecule is Cc1ccc(C)c(C(=O)c2ccccc2C(=O)Nc2ccc(NC(=O)C(C)C)cc2)c1. The number of carbonyl (C=O) groups is 3. The minimum absolute atomic E-state index is 0.0735. The van der Waals surface area contributed by atoms with Crippen molar-refractivity contribution in [2.24, 2.45) is 5.92 Å². The first-order chi connectivity index (χ1) is 14.8. The van der Waals surface area contributed by atoms with Gasteiger partial charge in [0.1, 0.15) is 0 Å². The first kappa shape index (κ1) is 22.0. The maximum absolute atomic E-state index is 13.2. The fourth-order valence-electron chi connectivity index (χ4n) is 3.13. The summed E-state index contributed by atoms with van der Waals surface area (Å²) in [4.78, 5) is 37.9. The molecule has 0 saturated heterocycles. The molecule has 0 unspecified atom stereocenters. The molecule has 0 radical (unpaired) electrons. The lowest BCUT2D eigenvalue weighted by Crippen LogP contribution is -2.18. The molecule has 5 heteroatoms. The van der Waals surface area contributed by atoms with E-state index in [1.807, 2.05) is 45.9 Å². The molecule has 3 aromatic rings. The monoisotopic (exact) mass is 414 g/mol. The predicted molar refractivity (Wildman–Crippen MR) is 124 cm³/mol. The Morgan fingerprint density at radius 2 is 1.29 bits per heavy atom. The number of rotatable bonds is 6. The van der Waals surface area contributed by atoms with Crippen molar-refractivity contribution in [3.05, 3.63) is 94.5 Å². The summed E-state index contributed by atoms with van der Waals surface area (Å²) in [6, 6.07) is 19.4. The molecule has 0 atom stereocenters. The Kier molecular flexibility index (Phi) is 6.65. The Morgan fingerprint density at radius 3 is 1.90 bits per heavy atom. The van der Waals surface area contributed by atoms with Crippen molar-refractivity contribution >= 4 is 29.0 Å². The molecular formula is C26H26N2O3. The van der Waals surface area contributed by atoms with Crippen LogP contribution in [0.5, 0.6) is 0 Å². The van der Waals surface area contributed by atoms with Gasteiger partial charge in [-0.25, -0.2) is 0 Å². The molecule has 0 aromatic heterocycles. The normalized spacial score (nSPS) is 10.6. The van der Waals surface area contributed by atoms with Gasteiger partial charge in [-0.05, 0) is 55.8 Å². The van der Waals surface area contributed by atoms with Crippen LogP contribution < -0.4 is 10.6 Å². The number of hydrogen-bond acceptors (Lipinski definition) is 3. The van der Waals surface area contributed by atoms with Crippen LogP contribution >= 0.6 is 0 Å². The van der Waals surface area contributed by atoms with Gasteiger partial charge in [-0.2, -0.15) is 0 Å². The highest BCUT2D eigenvalue weighted by molar-refractivity contribution is 6.18. The molecule has 0 aliphatic rings. The number of nitrogens with one attached hydrogen (secondary N) is 2. The second-order valence-electron chi connectivity index (χ2n) is 7.87. The van der Waals surface area contributed by atoms with Crippen molar-refractivity contribution in [3.8, 4) is 0 Å². The third-order valence-corrected chi connectivity index (χ3v) is 4.99. The van der Waals surface area contributed by atoms with Crippen LogP contribution in [0.3, 0.4) is 0 Å². The van der Waals surface area contributed by atoms with Crippen LogP contribution in [0.15, 0.2) is 66.7 Å². The van der Waals surface area contributed by atoms with Crippen molar-refractivity contribution in [2.45, 2.75) is 27.7 Å². The molecule has 2 amide bonds. The number of aryl methyl sites for hydroxylation is 2. The largest absolute Gasteiger partial charge is 0.326 e. The van der Waals surface area contributed by atoms with Crippen LogP contribution in [0, 0.1) is 19.8 Å². The standard InChI is InChI=1S/C26H26N2O3/c1-16(2)25(30)27-19-11-13-20(14-12-19)28-26(31)22-8-6-5-7-21(22)24(29)23-15-17(3)9-10-18(23)4/h5-16H,1-4H3,(H,27,30)(H,28,31). The lowest BCUT2D eigenvalue weighted by atomic mass is 9.94. The number of ketones is 1. The van der Waals surface area contributed by atoms with Gasteiger partial charge in [-0.15, -0.1) is 0 Å². The van der Waals surface area contributed by atoms with Crippen LogP contribution in [0.4, 0.5) is 11.4 Å². The highest BCUT2D eigenvalue weighted by Gasteiger charge is 2.19. The second kappa shape index (κ2) is 9.39. The summed E-state index contributed by atoms with van der Waals surface area (Å²) < 4.78 is 0. The smallest absolute Gasteiger partial charge is 0.256 e. The van der Waals surface area contributed by atoms with Gasteiger partial charge in [0.05, 0.1) is 5.56 Å². The van der Waals surface area contributed by atoms with Gasteiger partial charge in [0, 0.05) is 28.4 Å². The predicted octanol–water partition coefficient (Wildman–Crippen LogP) is 5.38. The summed E-state index contributed by atoms with van der Waals surface area (Å²) in [6.07, 6.45) is 0. The van der Waals surface area contributed by atoms with E-state index in [9.17, 15) is 14.4 Å². The van der Waals surface area contributed by atoms with Crippen LogP contribution in [-0.4, -0.2) is 17.6 Å². The molecule has 31 heavy (non-hydrogen) atoms. The Labute approximate surface area is 182 Å². The Hall–Kier alpha value is -3.73. The maximum Gasteiger partial charge on any atom is 0.256 e. The highest BCUT2D eigenvalue weighted by Crippen LogP contribution is 2.21. The number of anilines is 2. The third-order valence-electron chi connectivity index (χ3n) is 4.99. The Balaban J connectivity index is 1.81. The van der Waals surface area contributed by atoms with E-state index < -0.39 is 0 Å². The van der Waals surface area contributed by atoms with Crippen molar-refractivity contribution < 1.29 is 14.4 Å². The van der Waals surface area contributed by atoms with Gasteiger partial charge < -0.3 is 10.6 Å². The zero-order chi connectivity index (χ0) is 22.5. The fourth-order valence-corrected chi connectivity index (χ4v) is 3.13. The van der Waals surface area contributed by atoms with E-state index in [4.69, 9.17) is 0 Å². The zero-order valence-electron chi connectivity index (χ0n) is 18.2. The van der Waals surface area contributed by atoms with E-state index in [0.29, 0.717) is 28.1 Å². The number of carbonyl (C=O) groups excluding carboxylic acids is 3. The van der Waals surface area contributed by atoms with Gasteiger partial charge in [-0.3, -0.25) is 14.4 Å². The Bertz CT molecular complexity index is 1130. The molecule has 3 aromatic carbocycles. The molecule has 158 valence electrons. The van der Waals surface area contributed by atoms with E-state index >= 15 is 0 Å². The van der Waals surface area contributed by atoms with Gasteiger partial charge >= 0.3 is 0 Å². The van der Waals surface area contributed by atoms with Crippen LogP contribution in [-0.2, 0) is 4.79 Å². The van der Waals surface area contributed by atoms with Crippen molar-refractivity contribution in [2.75, 3.05) is 10.6 Å². The van der Waals surface area contributed by atoms with E-state index in [1.165, 1.54) is 0 Å². The van der Waals surface area contributed by atoms with Crippen LogP contribution in [0.25, 0.3) is 0 Å². The maximum atomic E-state index is 13.2. The van der Waals surface area contributed by atoms with E-state index in [2.05, 4.69) is 10.6 Å². The molecule has 0 saturated carbocycles. The van der Waals surface area contributed by atoms with Crippen molar-refractivity contribution in [1.82, 2.24) is 0 Å². The summed E-state index contributed by atoms with van der Waals surface area (Å²) in [7, 11) is 0. The van der Waals surface area contributed by atoms with Crippen molar-refractivity contribution in [1.29, 1.82) is 0 Å². The minimum Gasteiger partial charge on any atom is -0.326 e. The molecule has 3 rings (SSSR count).